The van der Waals surface area contributed by atoms with Crippen molar-refractivity contribution in [1.82, 2.24) is 4.57 Å². The van der Waals surface area contributed by atoms with Crippen molar-refractivity contribution in [2.45, 2.75) is 19.6 Å². The highest BCUT2D eigenvalue weighted by atomic mass is 127. The van der Waals surface area contributed by atoms with Gasteiger partial charge in [-0.05, 0) is 88.7 Å². The van der Waals surface area contributed by atoms with Gasteiger partial charge in [-0.15, -0.1) is 0 Å². The Morgan fingerprint density at radius 1 is 1.04 bits per heavy atom. The quantitative estimate of drug-likeness (QED) is 0.142. The van der Waals surface area contributed by atoms with Crippen molar-refractivity contribution in [3.63, 3.8) is 0 Å². The van der Waals surface area contributed by atoms with Crippen molar-refractivity contribution in [2.75, 3.05) is 20.5 Å². The van der Waals surface area contributed by atoms with Gasteiger partial charge in [0.15, 0.2) is 27.8 Å². The summed E-state index contributed by atoms with van der Waals surface area (Å²) < 4.78 is 31.2. The van der Waals surface area contributed by atoms with E-state index in [1.54, 1.807) is 49.4 Å². The average molecular weight is 817 g/mol. The number of methoxy groups -OCH3 is 1. The van der Waals surface area contributed by atoms with Crippen LogP contribution in [0, 0.1) is 3.57 Å². The Labute approximate surface area is 308 Å². The Morgan fingerprint density at radius 3 is 2.61 bits per heavy atom. The molecule has 0 aliphatic carbocycles. The predicted octanol–water partition coefficient (Wildman–Crippen LogP) is 5.55. The highest BCUT2D eigenvalue weighted by Gasteiger charge is 2.36. The number of thiazole rings is 1. The summed E-state index contributed by atoms with van der Waals surface area (Å²) in [4.78, 5) is 44.9. The second-order valence-electron chi connectivity index (χ2n) is 11.4. The van der Waals surface area contributed by atoms with E-state index in [1.165, 1.54) is 29.1 Å². The number of aromatic nitrogens is 1. The number of fused-ring (bicyclic) bond motifs is 2. The zero-order chi connectivity index (χ0) is 35.6. The van der Waals surface area contributed by atoms with E-state index in [1.807, 2.05) is 42.5 Å². The van der Waals surface area contributed by atoms with Crippen molar-refractivity contribution in [3.05, 3.63) is 142 Å². The van der Waals surface area contributed by atoms with E-state index >= 15 is 0 Å². The molecule has 1 N–H and O–H groups in total. The van der Waals surface area contributed by atoms with Crippen LogP contribution in [0.15, 0.2) is 100 Å². The van der Waals surface area contributed by atoms with Gasteiger partial charge in [0, 0.05) is 5.56 Å². The molecule has 5 aromatic rings. The van der Waals surface area contributed by atoms with E-state index in [0.29, 0.717) is 60.3 Å². The second kappa shape index (κ2) is 14.4. The van der Waals surface area contributed by atoms with E-state index in [-0.39, 0.29) is 36.7 Å². The topological polar surface area (TPSA) is 135 Å². The molecule has 7 rings (SSSR count). The van der Waals surface area contributed by atoms with Crippen LogP contribution in [0.5, 0.6) is 23.0 Å². The highest BCUT2D eigenvalue weighted by Crippen LogP contribution is 2.40. The number of esters is 1. The number of nitrogens with zero attached hydrogens (tertiary/aromatic N) is 2. The maximum absolute atomic E-state index is 14.4. The lowest BCUT2D eigenvalue weighted by atomic mass is 9.93. The molecule has 258 valence electrons. The van der Waals surface area contributed by atoms with Gasteiger partial charge in [-0.2, -0.15) is 0 Å². The first kappa shape index (κ1) is 34.1. The maximum Gasteiger partial charge on any atom is 0.338 e. The molecular weight excluding hydrogens is 787 g/mol. The molecule has 51 heavy (non-hydrogen) atoms. The molecular formula is C38H29IN2O9S. The summed E-state index contributed by atoms with van der Waals surface area (Å²) in [6.07, 6.45) is 1.75. The molecule has 0 radical (unpaired) electrons. The van der Waals surface area contributed by atoms with Crippen LogP contribution in [0.25, 0.3) is 11.8 Å². The fourth-order valence-corrected chi connectivity index (χ4v) is 7.69. The second-order valence-corrected chi connectivity index (χ2v) is 13.5. The molecule has 0 unspecified atom stereocenters. The minimum Gasteiger partial charge on any atom is -0.493 e. The van der Waals surface area contributed by atoms with Crippen LogP contribution in [0.3, 0.4) is 0 Å². The summed E-state index contributed by atoms with van der Waals surface area (Å²) in [7, 11) is 1.52. The predicted molar refractivity (Wildman–Crippen MR) is 197 cm³/mol. The number of carbonyl (C=O) groups excluding carboxylic acids is 1. The Hall–Kier alpha value is -5.41. The maximum atomic E-state index is 14.4. The number of carbonyl (C=O) groups is 2. The summed E-state index contributed by atoms with van der Waals surface area (Å²) >= 11 is 3.34. The Balaban J connectivity index is 1.34. The van der Waals surface area contributed by atoms with Crippen LogP contribution in [-0.2, 0) is 16.1 Å². The number of halogens is 1. The fourth-order valence-electron chi connectivity index (χ4n) is 5.90. The molecule has 0 saturated heterocycles. The Bertz CT molecular complexity index is 2400. The highest BCUT2D eigenvalue weighted by molar-refractivity contribution is 14.1. The summed E-state index contributed by atoms with van der Waals surface area (Å²) in [5, 5.41) is 9.35. The normalized spacial score (nSPS) is 14.9. The zero-order valence-electron chi connectivity index (χ0n) is 27.3. The van der Waals surface area contributed by atoms with Crippen LogP contribution in [0.1, 0.15) is 45.6 Å². The molecule has 0 bridgehead atoms. The number of hydrogen-bond donors (Lipinski definition) is 1. The molecule has 1 atom stereocenters. The van der Waals surface area contributed by atoms with Crippen molar-refractivity contribution in [1.29, 1.82) is 0 Å². The summed E-state index contributed by atoms with van der Waals surface area (Å²) in [6, 6.07) is 24.0. The van der Waals surface area contributed by atoms with Gasteiger partial charge < -0.3 is 28.8 Å². The van der Waals surface area contributed by atoms with Gasteiger partial charge in [0.25, 0.3) is 5.56 Å². The number of hydrogen-bond acceptors (Lipinski definition) is 10. The first-order chi connectivity index (χ1) is 24.7. The third kappa shape index (κ3) is 6.73. The molecule has 2 aliphatic heterocycles. The number of carboxylic acids is 1. The Kier molecular flexibility index (Phi) is 9.65. The smallest absolute Gasteiger partial charge is 0.338 e. The molecule has 1 aromatic heterocycles. The molecule has 3 heterocycles. The van der Waals surface area contributed by atoms with E-state index < -0.39 is 18.0 Å². The number of rotatable bonds is 10. The van der Waals surface area contributed by atoms with Gasteiger partial charge in [-0.1, -0.05) is 59.9 Å². The van der Waals surface area contributed by atoms with Gasteiger partial charge in [-0.25, -0.2) is 14.6 Å². The first-order valence-corrected chi connectivity index (χ1v) is 17.7. The van der Waals surface area contributed by atoms with Crippen molar-refractivity contribution < 1.29 is 38.4 Å². The van der Waals surface area contributed by atoms with Crippen molar-refractivity contribution in [2.24, 2.45) is 4.99 Å². The van der Waals surface area contributed by atoms with Crippen LogP contribution in [0.2, 0.25) is 0 Å². The summed E-state index contributed by atoms with van der Waals surface area (Å²) in [6.45, 7) is 2.06. The zero-order valence-corrected chi connectivity index (χ0v) is 30.2. The Morgan fingerprint density at radius 2 is 1.84 bits per heavy atom. The number of benzene rings is 4. The molecule has 0 fully saturated rings. The standard InChI is InChI=1S/C38H29IN2O9S/c1-3-47-37(45)31-32(23-9-5-4-6-10-23)40-38-41(33(31)24-12-13-27-28(18-24)50-20-49-27)35(42)30(51-38)17-22-15-26(39)34(29(16-22)46-2)48-19-21-8-7-11-25(14-21)36(43)44/h4-18,33H,3,19-20H2,1-2H3,(H,43,44)/b30-17-/t33-/m0/s1. The van der Waals surface area contributed by atoms with Crippen molar-refractivity contribution >= 4 is 57.6 Å². The van der Waals surface area contributed by atoms with Crippen LogP contribution < -0.4 is 33.8 Å². The lowest BCUT2D eigenvalue weighted by Crippen LogP contribution is -2.40. The third-order valence-corrected chi connectivity index (χ3v) is 9.98. The van der Waals surface area contributed by atoms with Gasteiger partial charge in [0.2, 0.25) is 6.79 Å². The fraction of sp³-hybridized carbons (Fsp3) is 0.158. The van der Waals surface area contributed by atoms with Gasteiger partial charge in [0.1, 0.15) is 6.61 Å². The molecule has 2 aliphatic rings. The third-order valence-electron chi connectivity index (χ3n) is 8.19. The van der Waals surface area contributed by atoms with Gasteiger partial charge in [-0.3, -0.25) is 9.36 Å². The van der Waals surface area contributed by atoms with Gasteiger partial charge >= 0.3 is 11.9 Å². The summed E-state index contributed by atoms with van der Waals surface area (Å²) in [5.74, 6) is 0.391. The molecule has 4 aromatic carbocycles. The molecule has 11 nitrogen and oxygen atoms in total. The number of ether oxygens (including phenoxy) is 5. The average Bonchev–Trinajstić information content (AvgIpc) is 3.74. The van der Waals surface area contributed by atoms with Crippen LogP contribution in [-0.4, -0.2) is 42.1 Å². The van der Waals surface area contributed by atoms with Crippen LogP contribution in [0.4, 0.5) is 0 Å². The number of carboxylic acid groups (broad SMARTS) is 1. The minimum atomic E-state index is -1.02. The SMILES string of the molecule is CCOC(=O)C1=C(c2ccccc2)N=c2s/c(=C\c3cc(I)c(OCc4cccc(C(=O)O)c4)c(OC)c3)c(=O)n2[C@H]1c1ccc2c(c1)OCO2. The largest absolute Gasteiger partial charge is 0.493 e. The van der Waals surface area contributed by atoms with E-state index in [2.05, 4.69) is 22.6 Å². The van der Waals surface area contributed by atoms with E-state index in [0.717, 1.165) is 3.57 Å². The van der Waals surface area contributed by atoms with Gasteiger partial charge in [0.05, 0.1) is 44.7 Å². The first-order valence-electron chi connectivity index (χ1n) is 15.8. The van der Waals surface area contributed by atoms with Crippen LogP contribution >= 0.6 is 33.9 Å². The lowest BCUT2D eigenvalue weighted by Gasteiger charge is -2.26. The lowest BCUT2D eigenvalue weighted by molar-refractivity contribution is -0.138. The molecule has 0 amide bonds. The molecule has 0 saturated carbocycles. The van der Waals surface area contributed by atoms with Crippen molar-refractivity contribution in [3.8, 4) is 23.0 Å². The molecule has 0 spiro atoms. The van der Waals surface area contributed by atoms with E-state index in [4.69, 9.17) is 28.7 Å². The number of aromatic carboxylic acids is 1. The summed E-state index contributed by atoms with van der Waals surface area (Å²) in [5.41, 5.74) is 3.16. The van der Waals surface area contributed by atoms with E-state index in [9.17, 15) is 19.5 Å². The molecule has 13 heteroatoms. The minimum absolute atomic E-state index is 0.0708. The monoisotopic (exact) mass is 816 g/mol.